The van der Waals surface area contributed by atoms with Crippen LogP contribution in [0.25, 0.3) is 0 Å². The number of carbonyl (C=O) groups excluding carboxylic acids is 3. The van der Waals surface area contributed by atoms with Gasteiger partial charge in [-0.15, -0.1) is 0 Å². The minimum Gasteiger partial charge on any atom is -0.497 e. The predicted octanol–water partition coefficient (Wildman–Crippen LogP) is 0.537. The summed E-state index contributed by atoms with van der Waals surface area (Å²) < 4.78 is 15.5. The van der Waals surface area contributed by atoms with Gasteiger partial charge in [-0.2, -0.15) is 0 Å². The average Bonchev–Trinajstić information content (AvgIpc) is 2.83. The highest BCUT2D eigenvalue weighted by Crippen LogP contribution is 2.23. The Hall–Kier alpha value is -2.65. The number of piperidine rings is 1. The summed E-state index contributed by atoms with van der Waals surface area (Å²) in [6.07, 6.45) is 1.27. The molecule has 3 rings (SSSR count). The predicted molar refractivity (Wildman–Crippen MR) is 113 cm³/mol. The molecular formula is C22H31N3O6. The van der Waals surface area contributed by atoms with Crippen LogP contribution >= 0.6 is 0 Å². The maximum absolute atomic E-state index is 13.3. The molecule has 1 N–H and O–H groups in total. The van der Waals surface area contributed by atoms with Crippen LogP contribution in [0.15, 0.2) is 24.3 Å². The van der Waals surface area contributed by atoms with E-state index in [0.29, 0.717) is 63.5 Å². The maximum Gasteiger partial charge on any atom is 0.252 e. The van der Waals surface area contributed by atoms with Crippen LogP contribution in [0.3, 0.4) is 0 Å². The Labute approximate surface area is 182 Å². The van der Waals surface area contributed by atoms with Crippen molar-refractivity contribution in [3.8, 4) is 5.75 Å². The van der Waals surface area contributed by atoms with E-state index in [4.69, 9.17) is 14.2 Å². The molecule has 1 aromatic rings. The van der Waals surface area contributed by atoms with Crippen LogP contribution in [0.2, 0.25) is 0 Å². The Bertz CT molecular complexity index is 772. The topological polar surface area (TPSA) is 97.4 Å². The zero-order valence-corrected chi connectivity index (χ0v) is 18.2. The Balaban J connectivity index is 1.72. The van der Waals surface area contributed by atoms with Gasteiger partial charge in [0, 0.05) is 38.9 Å². The van der Waals surface area contributed by atoms with Crippen LogP contribution < -0.4 is 10.1 Å². The molecule has 0 aliphatic carbocycles. The molecule has 3 amide bonds. The molecule has 9 nitrogen and oxygen atoms in total. The van der Waals surface area contributed by atoms with Crippen molar-refractivity contribution in [2.24, 2.45) is 5.92 Å². The number of hydrogen-bond acceptors (Lipinski definition) is 6. The van der Waals surface area contributed by atoms with Crippen LogP contribution in [0, 0.1) is 5.92 Å². The smallest absolute Gasteiger partial charge is 0.252 e. The molecule has 170 valence electrons. The van der Waals surface area contributed by atoms with Gasteiger partial charge >= 0.3 is 0 Å². The van der Waals surface area contributed by atoms with Gasteiger partial charge < -0.3 is 29.3 Å². The number of nitrogens with one attached hydrogen (secondary N) is 1. The molecule has 2 aliphatic rings. The molecule has 0 spiro atoms. The van der Waals surface area contributed by atoms with Crippen molar-refractivity contribution < 1.29 is 28.6 Å². The lowest BCUT2D eigenvalue weighted by atomic mass is 9.88. The molecule has 1 unspecified atom stereocenters. The lowest BCUT2D eigenvalue weighted by Gasteiger charge is -2.38. The van der Waals surface area contributed by atoms with Crippen molar-refractivity contribution in [3.63, 3.8) is 0 Å². The third-order valence-electron chi connectivity index (χ3n) is 5.84. The number of hydrogen-bond donors (Lipinski definition) is 1. The number of amides is 3. The minimum absolute atomic E-state index is 0.0490. The van der Waals surface area contributed by atoms with E-state index in [9.17, 15) is 14.4 Å². The second-order valence-corrected chi connectivity index (χ2v) is 7.77. The first-order valence-electron chi connectivity index (χ1n) is 10.6. The van der Waals surface area contributed by atoms with E-state index >= 15 is 0 Å². The van der Waals surface area contributed by atoms with E-state index in [1.54, 1.807) is 41.2 Å². The van der Waals surface area contributed by atoms with Crippen molar-refractivity contribution in [2.75, 3.05) is 60.2 Å². The molecule has 0 radical (unpaired) electrons. The molecule has 2 heterocycles. The monoisotopic (exact) mass is 433 g/mol. The van der Waals surface area contributed by atoms with Gasteiger partial charge in [-0.1, -0.05) is 6.07 Å². The van der Waals surface area contributed by atoms with Crippen LogP contribution in [0.5, 0.6) is 5.75 Å². The molecular weight excluding hydrogens is 402 g/mol. The fourth-order valence-corrected chi connectivity index (χ4v) is 4.05. The van der Waals surface area contributed by atoms with Gasteiger partial charge in [-0.3, -0.25) is 14.4 Å². The van der Waals surface area contributed by atoms with E-state index in [-0.39, 0.29) is 30.2 Å². The molecule has 1 aromatic carbocycles. The van der Waals surface area contributed by atoms with Crippen molar-refractivity contribution in [3.05, 3.63) is 29.8 Å². The van der Waals surface area contributed by atoms with Crippen LogP contribution in [-0.4, -0.2) is 93.8 Å². The first-order valence-corrected chi connectivity index (χ1v) is 10.6. The summed E-state index contributed by atoms with van der Waals surface area (Å²) in [4.78, 5) is 41.9. The highest BCUT2D eigenvalue weighted by atomic mass is 16.5. The summed E-state index contributed by atoms with van der Waals surface area (Å²) in [5, 5.41) is 2.97. The summed E-state index contributed by atoms with van der Waals surface area (Å²) in [5.74, 6) is 0.0483. The molecule has 2 aliphatic heterocycles. The van der Waals surface area contributed by atoms with E-state index in [1.807, 2.05) is 0 Å². The molecule has 2 fully saturated rings. The van der Waals surface area contributed by atoms with Gasteiger partial charge in [-0.25, -0.2) is 0 Å². The van der Waals surface area contributed by atoms with Gasteiger partial charge in [-0.05, 0) is 37.0 Å². The Kier molecular flexibility index (Phi) is 8.25. The molecule has 0 saturated carbocycles. The van der Waals surface area contributed by atoms with Crippen molar-refractivity contribution in [1.29, 1.82) is 0 Å². The standard InChI is InChI=1S/C22H31N3O6/c1-29-15-19(26)24-8-6-16(7-9-24)20(22(28)25-10-12-31-13-11-25)23-21(27)17-4-3-5-18(14-17)30-2/h3-5,14,16,20H,6-13,15H2,1-2H3,(H,23,27). The van der Waals surface area contributed by atoms with Gasteiger partial charge in [0.1, 0.15) is 18.4 Å². The largest absolute Gasteiger partial charge is 0.497 e. The van der Waals surface area contributed by atoms with Crippen LogP contribution in [0.4, 0.5) is 0 Å². The Morgan fingerprint density at radius 3 is 2.45 bits per heavy atom. The van der Waals surface area contributed by atoms with Gasteiger partial charge in [0.25, 0.3) is 5.91 Å². The summed E-state index contributed by atoms with van der Waals surface area (Å²) in [7, 11) is 3.04. The van der Waals surface area contributed by atoms with Gasteiger partial charge in [0.15, 0.2) is 0 Å². The summed E-state index contributed by atoms with van der Waals surface area (Å²) >= 11 is 0. The van der Waals surface area contributed by atoms with Crippen molar-refractivity contribution >= 4 is 17.7 Å². The van der Waals surface area contributed by atoms with E-state index in [1.165, 1.54) is 7.11 Å². The van der Waals surface area contributed by atoms with Crippen molar-refractivity contribution in [2.45, 2.75) is 18.9 Å². The number of methoxy groups -OCH3 is 2. The highest BCUT2D eigenvalue weighted by molar-refractivity contribution is 5.98. The zero-order valence-electron chi connectivity index (χ0n) is 18.2. The minimum atomic E-state index is -0.656. The first kappa shape index (κ1) is 23.0. The number of morpholine rings is 1. The normalized spacial score (nSPS) is 18.4. The zero-order chi connectivity index (χ0) is 22.2. The van der Waals surface area contributed by atoms with Crippen LogP contribution in [0.1, 0.15) is 23.2 Å². The SMILES string of the molecule is COCC(=O)N1CCC(C(NC(=O)c2cccc(OC)c2)C(=O)N2CCOCC2)CC1. The first-order chi connectivity index (χ1) is 15.0. The molecule has 0 bridgehead atoms. The number of benzene rings is 1. The summed E-state index contributed by atoms with van der Waals surface area (Å²) in [5.41, 5.74) is 0.437. The van der Waals surface area contributed by atoms with Crippen molar-refractivity contribution in [1.82, 2.24) is 15.1 Å². The fourth-order valence-electron chi connectivity index (χ4n) is 4.05. The summed E-state index contributed by atoms with van der Waals surface area (Å²) in [6.45, 7) is 3.13. The Morgan fingerprint density at radius 1 is 1.10 bits per heavy atom. The number of ether oxygens (including phenoxy) is 3. The van der Waals surface area contributed by atoms with E-state index in [2.05, 4.69) is 5.32 Å². The average molecular weight is 434 g/mol. The van der Waals surface area contributed by atoms with Crippen LogP contribution in [-0.2, 0) is 19.1 Å². The fraction of sp³-hybridized carbons (Fsp3) is 0.591. The number of likely N-dealkylation sites (tertiary alicyclic amines) is 1. The number of nitrogens with zero attached hydrogens (tertiary/aromatic N) is 2. The quantitative estimate of drug-likeness (QED) is 0.674. The van der Waals surface area contributed by atoms with Gasteiger partial charge in [0.2, 0.25) is 11.8 Å². The van der Waals surface area contributed by atoms with E-state index < -0.39 is 6.04 Å². The number of carbonyl (C=O) groups is 3. The maximum atomic E-state index is 13.3. The lowest BCUT2D eigenvalue weighted by Crippen LogP contribution is -2.56. The lowest BCUT2D eigenvalue weighted by molar-refractivity contribution is -0.140. The second kappa shape index (κ2) is 11.1. The molecule has 0 aromatic heterocycles. The number of rotatable bonds is 7. The molecule has 9 heteroatoms. The highest BCUT2D eigenvalue weighted by Gasteiger charge is 2.36. The van der Waals surface area contributed by atoms with Gasteiger partial charge in [0.05, 0.1) is 20.3 Å². The Morgan fingerprint density at radius 2 is 1.81 bits per heavy atom. The third-order valence-corrected chi connectivity index (χ3v) is 5.84. The second-order valence-electron chi connectivity index (χ2n) is 7.77. The molecule has 2 saturated heterocycles. The third kappa shape index (κ3) is 5.95. The summed E-state index contributed by atoms with van der Waals surface area (Å²) in [6, 6.07) is 6.20. The molecule has 1 atom stereocenters. The molecule has 31 heavy (non-hydrogen) atoms. The van der Waals surface area contributed by atoms with E-state index in [0.717, 1.165) is 0 Å².